The molecule has 0 atom stereocenters. The third kappa shape index (κ3) is 3.85. The molecule has 0 unspecified atom stereocenters. The van der Waals surface area contributed by atoms with Gasteiger partial charge in [0.05, 0.1) is 23.9 Å². The normalized spacial score (nSPS) is 10.6. The number of nitrogens with zero attached hydrogens (tertiary/aromatic N) is 1. The number of para-hydroxylation sites is 1. The summed E-state index contributed by atoms with van der Waals surface area (Å²) in [5, 5.41) is 9.75. The van der Waals surface area contributed by atoms with Crippen molar-refractivity contribution in [1.29, 1.82) is 0 Å². The standard InChI is InChI=1S/C12H19ClN2O2/c1-17-8-6-15(5-7-16)12-10(9-14)3-2-4-11(12)13/h2-4,16H,5-9,14H2,1H3. The van der Waals surface area contributed by atoms with Crippen LogP contribution < -0.4 is 10.6 Å². The van der Waals surface area contributed by atoms with Crippen LogP contribution in [0.2, 0.25) is 5.02 Å². The second-order valence-electron chi connectivity index (χ2n) is 3.66. The SMILES string of the molecule is COCCN(CCO)c1c(Cl)cccc1CN. The Bertz CT molecular complexity index is 347. The van der Waals surface area contributed by atoms with Crippen LogP contribution in [0, 0.1) is 0 Å². The van der Waals surface area contributed by atoms with Crippen LogP contribution in [0.1, 0.15) is 5.56 Å². The molecular weight excluding hydrogens is 240 g/mol. The quantitative estimate of drug-likeness (QED) is 0.773. The van der Waals surface area contributed by atoms with E-state index in [1.165, 1.54) is 0 Å². The molecule has 0 aromatic heterocycles. The molecule has 4 nitrogen and oxygen atoms in total. The number of hydrogen-bond acceptors (Lipinski definition) is 4. The zero-order valence-electron chi connectivity index (χ0n) is 10.0. The van der Waals surface area contributed by atoms with Crippen molar-refractivity contribution in [3.05, 3.63) is 28.8 Å². The highest BCUT2D eigenvalue weighted by molar-refractivity contribution is 6.33. The van der Waals surface area contributed by atoms with Gasteiger partial charge in [-0.3, -0.25) is 0 Å². The molecule has 0 saturated carbocycles. The van der Waals surface area contributed by atoms with Gasteiger partial charge in [-0.2, -0.15) is 0 Å². The summed E-state index contributed by atoms with van der Waals surface area (Å²) in [4.78, 5) is 1.99. The van der Waals surface area contributed by atoms with E-state index in [1.807, 2.05) is 23.1 Å². The van der Waals surface area contributed by atoms with Gasteiger partial charge in [-0.1, -0.05) is 23.7 Å². The first-order valence-electron chi connectivity index (χ1n) is 5.56. The van der Waals surface area contributed by atoms with E-state index in [4.69, 9.17) is 27.2 Å². The molecule has 5 heteroatoms. The fourth-order valence-corrected chi connectivity index (χ4v) is 2.05. The maximum absolute atomic E-state index is 9.09. The van der Waals surface area contributed by atoms with Crippen molar-refractivity contribution in [3.8, 4) is 0 Å². The maximum atomic E-state index is 9.09. The maximum Gasteiger partial charge on any atom is 0.0642 e. The van der Waals surface area contributed by atoms with Crippen LogP contribution in [0.15, 0.2) is 18.2 Å². The van der Waals surface area contributed by atoms with E-state index in [0.29, 0.717) is 31.3 Å². The second-order valence-corrected chi connectivity index (χ2v) is 4.06. The van der Waals surface area contributed by atoms with Gasteiger partial charge in [0.2, 0.25) is 0 Å². The van der Waals surface area contributed by atoms with Crippen molar-refractivity contribution in [2.45, 2.75) is 6.54 Å². The Morgan fingerprint density at radius 2 is 2.18 bits per heavy atom. The summed E-state index contributed by atoms with van der Waals surface area (Å²) in [6.07, 6.45) is 0. The van der Waals surface area contributed by atoms with Gasteiger partial charge < -0.3 is 20.5 Å². The van der Waals surface area contributed by atoms with Crippen molar-refractivity contribution >= 4 is 17.3 Å². The summed E-state index contributed by atoms with van der Waals surface area (Å²) in [7, 11) is 1.65. The van der Waals surface area contributed by atoms with E-state index >= 15 is 0 Å². The number of methoxy groups -OCH3 is 1. The molecule has 0 radical (unpaired) electrons. The molecule has 0 spiro atoms. The van der Waals surface area contributed by atoms with Crippen LogP contribution in [0.4, 0.5) is 5.69 Å². The van der Waals surface area contributed by atoms with E-state index in [1.54, 1.807) is 7.11 Å². The summed E-state index contributed by atoms with van der Waals surface area (Å²) in [5.41, 5.74) is 7.57. The number of benzene rings is 1. The Balaban J connectivity index is 2.98. The lowest BCUT2D eigenvalue weighted by molar-refractivity contribution is 0.203. The molecule has 1 aromatic carbocycles. The molecule has 0 aliphatic carbocycles. The largest absolute Gasteiger partial charge is 0.395 e. The lowest BCUT2D eigenvalue weighted by atomic mass is 10.1. The Hall–Kier alpha value is -0.810. The summed E-state index contributed by atoms with van der Waals surface area (Å²) >= 11 is 6.20. The van der Waals surface area contributed by atoms with Gasteiger partial charge in [-0.25, -0.2) is 0 Å². The number of aliphatic hydroxyl groups excluding tert-OH is 1. The molecule has 0 saturated heterocycles. The molecule has 0 aliphatic heterocycles. The Kier molecular flexibility index (Phi) is 6.29. The number of aliphatic hydroxyl groups is 1. The minimum Gasteiger partial charge on any atom is -0.395 e. The van der Waals surface area contributed by atoms with E-state index < -0.39 is 0 Å². The van der Waals surface area contributed by atoms with Gasteiger partial charge in [0.1, 0.15) is 0 Å². The highest BCUT2D eigenvalue weighted by Gasteiger charge is 2.13. The zero-order valence-corrected chi connectivity index (χ0v) is 10.8. The summed E-state index contributed by atoms with van der Waals surface area (Å²) in [6.45, 7) is 2.26. The van der Waals surface area contributed by atoms with Crippen LogP contribution in [0.25, 0.3) is 0 Å². The molecule has 17 heavy (non-hydrogen) atoms. The van der Waals surface area contributed by atoms with Crippen LogP contribution in [-0.4, -0.2) is 38.5 Å². The topological polar surface area (TPSA) is 58.7 Å². The number of anilines is 1. The molecular formula is C12H19ClN2O2. The van der Waals surface area contributed by atoms with Crippen molar-refractivity contribution < 1.29 is 9.84 Å². The molecule has 3 N–H and O–H groups in total. The fourth-order valence-electron chi connectivity index (χ4n) is 1.74. The minimum atomic E-state index is 0.0684. The number of rotatable bonds is 7. The summed E-state index contributed by atoms with van der Waals surface area (Å²) < 4.78 is 5.06. The number of halogens is 1. The smallest absolute Gasteiger partial charge is 0.0642 e. The van der Waals surface area contributed by atoms with Crippen molar-refractivity contribution in [3.63, 3.8) is 0 Å². The third-order valence-corrected chi connectivity index (χ3v) is 2.85. The highest BCUT2D eigenvalue weighted by atomic mass is 35.5. The van der Waals surface area contributed by atoms with Crippen molar-refractivity contribution in [2.75, 3.05) is 38.3 Å². The van der Waals surface area contributed by atoms with Crippen LogP contribution >= 0.6 is 11.6 Å². The van der Waals surface area contributed by atoms with E-state index in [0.717, 1.165) is 11.3 Å². The van der Waals surface area contributed by atoms with E-state index in [9.17, 15) is 0 Å². The molecule has 1 rings (SSSR count). The Labute approximate surface area is 107 Å². The van der Waals surface area contributed by atoms with Crippen molar-refractivity contribution in [1.82, 2.24) is 0 Å². The van der Waals surface area contributed by atoms with Crippen LogP contribution in [-0.2, 0) is 11.3 Å². The lowest BCUT2D eigenvalue weighted by Gasteiger charge is -2.27. The first kappa shape index (κ1) is 14.3. The molecule has 0 bridgehead atoms. The molecule has 96 valence electrons. The fraction of sp³-hybridized carbons (Fsp3) is 0.500. The Morgan fingerprint density at radius 3 is 2.76 bits per heavy atom. The van der Waals surface area contributed by atoms with Gasteiger partial charge in [0, 0.05) is 26.7 Å². The van der Waals surface area contributed by atoms with Gasteiger partial charge in [-0.15, -0.1) is 0 Å². The van der Waals surface area contributed by atoms with E-state index in [2.05, 4.69) is 0 Å². The number of ether oxygens (including phenoxy) is 1. The van der Waals surface area contributed by atoms with Gasteiger partial charge in [0.15, 0.2) is 0 Å². The van der Waals surface area contributed by atoms with Gasteiger partial charge >= 0.3 is 0 Å². The molecule has 0 heterocycles. The van der Waals surface area contributed by atoms with Gasteiger partial charge in [-0.05, 0) is 11.6 Å². The summed E-state index contributed by atoms with van der Waals surface area (Å²) in [6, 6.07) is 5.65. The predicted molar refractivity (Wildman–Crippen MR) is 70.5 cm³/mol. The lowest BCUT2D eigenvalue weighted by Crippen LogP contribution is -2.31. The minimum absolute atomic E-state index is 0.0684. The van der Waals surface area contributed by atoms with Gasteiger partial charge in [0.25, 0.3) is 0 Å². The monoisotopic (exact) mass is 258 g/mol. The van der Waals surface area contributed by atoms with Crippen LogP contribution in [0.3, 0.4) is 0 Å². The predicted octanol–water partition coefficient (Wildman–Crippen LogP) is 1.24. The molecule has 1 aromatic rings. The first-order chi connectivity index (χ1) is 8.24. The van der Waals surface area contributed by atoms with Crippen LogP contribution in [0.5, 0.6) is 0 Å². The number of hydrogen-bond donors (Lipinski definition) is 2. The Morgan fingerprint density at radius 1 is 1.41 bits per heavy atom. The zero-order chi connectivity index (χ0) is 12.7. The first-order valence-corrected chi connectivity index (χ1v) is 5.94. The second kappa shape index (κ2) is 7.50. The highest BCUT2D eigenvalue weighted by Crippen LogP contribution is 2.29. The number of nitrogens with two attached hydrogens (primary N) is 1. The average Bonchev–Trinajstić information content (AvgIpc) is 2.34. The third-order valence-electron chi connectivity index (χ3n) is 2.54. The average molecular weight is 259 g/mol. The molecule has 0 amide bonds. The van der Waals surface area contributed by atoms with E-state index in [-0.39, 0.29) is 6.61 Å². The molecule has 0 aliphatic rings. The molecule has 0 fully saturated rings. The van der Waals surface area contributed by atoms with Crippen molar-refractivity contribution in [2.24, 2.45) is 5.73 Å². The summed E-state index contributed by atoms with van der Waals surface area (Å²) in [5.74, 6) is 0.